The summed E-state index contributed by atoms with van der Waals surface area (Å²) in [4.78, 5) is 11.9. The van der Waals surface area contributed by atoms with Crippen LogP contribution in [0.3, 0.4) is 0 Å². The van der Waals surface area contributed by atoms with Crippen molar-refractivity contribution in [1.29, 1.82) is 0 Å². The molecule has 114 valence electrons. The Morgan fingerprint density at radius 3 is 2.71 bits per heavy atom. The number of carbonyl (C=O) groups is 1. The molecule has 2 heterocycles. The second kappa shape index (κ2) is 5.96. The molecular formula is C12H15N3O4S2. The van der Waals surface area contributed by atoms with Gasteiger partial charge in [0.25, 0.3) is 0 Å². The Balaban J connectivity index is 2.33. The first-order chi connectivity index (χ1) is 9.86. The number of carboxylic acid groups (broad SMARTS) is 1. The van der Waals surface area contributed by atoms with Crippen molar-refractivity contribution < 1.29 is 18.3 Å². The van der Waals surface area contributed by atoms with Crippen LogP contribution in [0.4, 0.5) is 0 Å². The number of hydrogen-bond donors (Lipinski definition) is 1. The van der Waals surface area contributed by atoms with Crippen LogP contribution in [-0.4, -0.2) is 39.8 Å². The number of aryl methyl sites for hydroxylation is 1. The first-order valence-corrected chi connectivity index (χ1v) is 8.37. The lowest BCUT2D eigenvalue weighted by molar-refractivity contribution is 0.0685. The van der Waals surface area contributed by atoms with Gasteiger partial charge in [0.05, 0.1) is 0 Å². The minimum absolute atomic E-state index is 0.0197. The van der Waals surface area contributed by atoms with Gasteiger partial charge in [0.1, 0.15) is 10.6 Å². The molecule has 2 aromatic rings. The number of carboxylic acids is 1. The van der Waals surface area contributed by atoms with Crippen LogP contribution >= 0.6 is 11.5 Å². The smallest absolute Gasteiger partial charge is 0.352 e. The summed E-state index contributed by atoms with van der Waals surface area (Å²) in [5.41, 5.74) is -0.0396. The van der Waals surface area contributed by atoms with Crippen LogP contribution in [0.2, 0.25) is 0 Å². The van der Waals surface area contributed by atoms with Gasteiger partial charge in [-0.15, -0.1) is 0 Å². The first-order valence-electron chi connectivity index (χ1n) is 6.15. The number of rotatable bonds is 6. The summed E-state index contributed by atoms with van der Waals surface area (Å²) in [7, 11) is -2.28. The standard InChI is InChI=1S/C12H15N3O4S2/c1-3-15-8-10(6-11(15)12(16)17)21(18,19)14(2)7-9-4-5-13-20-9/h4-6,8H,3,7H2,1-2H3,(H,16,17). The number of aromatic nitrogens is 2. The third-order valence-corrected chi connectivity index (χ3v) is 5.50. The van der Waals surface area contributed by atoms with E-state index in [2.05, 4.69) is 4.37 Å². The van der Waals surface area contributed by atoms with Crippen LogP contribution < -0.4 is 0 Å². The van der Waals surface area contributed by atoms with Gasteiger partial charge < -0.3 is 9.67 Å². The van der Waals surface area contributed by atoms with Crippen molar-refractivity contribution >= 4 is 27.5 Å². The molecule has 2 rings (SSSR count). The molecule has 0 aliphatic rings. The zero-order valence-corrected chi connectivity index (χ0v) is 13.2. The zero-order valence-electron chi connectivity index (χ0n) is 11.6. The second-order valence-corrected chi connectivity index (χ2v) is 7.35. The van der Waals surface area contributed by atoms with Crippen molar-refractivity contribution in [2.75, 3.05) is 7.05 Å². The van der Waals surface area contributed by atoms with Gasteiger partial charge in [0.15, 0.2) is 0 Å². The van der Waals surface area contributed by atoms with E-state index in [1.165, 1.54) is 39.7 Å². The summed E-state index contributed by atoms with van der Waals surface area (Å²) < 4.78 is 31.4. The summed E-state index contributed by atoms with van der Waals surface area (Å²) in [5, 5.41) is 9.09. The van der Waals surface area contributed by atoms with Crippen LogP contribution in [0.5, 0.6) is 0 Å². The Hall–Kier alpha value is -1.71. The molecule has 0 amide bonds. The van der Waals surface area contributed by atoms with E-state index in [9.17, 15) is 13.2 Å². The highest BCUT2D eigenvalue weighted by Gasteiger charge is 2.25. The Bertz CT molecular complexity index is 735. The van der Waals surface area contributed by atoms with Crippen molar-refractivity contribution in [1.82, 2.24) is 13.2 Å². The fourth-order valence-corrected chi connectivity index (χ4v) is 3.78. The molecule has 0 aliphatic carbocycles. The maximum Gasteiger partial charge on any atom is 0.352 e. The lowest BCUT2D eigenvalue weighted by atomic mass is 10.4. The molecule has 0 unspecified atom stereocenters. The Kier molecular flexibility index (Phi) is 4.45. The Morgan fingerprint density at radius 2 is 2.24 bits per heavy atom. The number of hydrogen-bond acceptors (Lipinski definition) is 5. The van der Waals surface area contributed by atoms with E-state index in [4.69, 9.17) is 5.11 Å². The molecule has 0 atom stereocenters. The maximum absolute atomic E-state index is 12.5. The topological polar surface area (TPSA) is 92.5 Å². The molecule has 2 aromatic heterocycles. The average Bonchev–Trinajstić information content (AvgIpc) is 3.06. The summed E-state index contributed by atoms with van der Waals surface area (Å²) in [5.74, 6) is -1.15. The summed E-state index contributed by atoms with van der Waals surface area (Å²) in [6.45, 7) is 2.34. The molecular weight excluding hydrogens is 314 g/mol. The monoisotopic (exact) mass is 329 g/mol. The first kappa shape index (κ1) is 15.7. The van der Waals surface area contributed by atoms with E-state index in [1.54, 1.807) is 19.2 Å². The van der Waals surface area contributed by atoms with E-state index in [1.807, 2.05) is 0 Å². The molecule has 0 fully saturated rings. The van der Waals surface area contributed by atoms with Gasteiger partial charge >= 0.3 is 5.97 Å². The molecule has 21 heavy (non-hydrogen) atoms. The third kappa shape index (κ3) is 3.14. The number of nitrogens with zero attached hydrogens (tertiary/aromatic N) is 3. The molecule has 0 aliphatic heterocycles. The second-order valence-electron chi connectivity index (χ2n) is 4.39. The lowest BCUT2D eigenvalue weighted by Crippen LogP contribution is -2.25. The molecule has 0 spiro atoms. The molecule has 1 N–H and O–H groups in total. The highest BCUT2D eigenvalue weighted by atomic mass is 32.2. The van der Waals surface area contributed by atoms with Crippen LogP contribution in [0, 0.1) is 0 Å². The summed E-state index contributed by atoms with van der Waals surface area (Å²) >= 11 is 1.22. The highest BCUT2D eigenvalue weighted by Crippen LogP contribution is 2.20. The lowest BCUT2D eigenvalue weighted by Gasteiger charge is -2.14. The predicted molar refractivity (Wildman–Crippen MR) is 77.8 cm³/mol. The van der Waals surface area contributed by atoms with E-state index in [-0.39, 0.29) is 17.1 Å². The Morgan fingerprint density at radius 1 is 1.52 bits per heavy atom. The van der Waals surface area contributed by atoms with Crippen LogP contribution in [0.15, 0.2) is 29.4 Å². The van der Waals surface area contributed by atoms with Gasteiger partial charge in [0.2, 0.25) is 10.0 Å². The number of aromatic carboxylic acids is 1. The van der Waals surface area contributed by atoms with Crippen molar-refractivity contribution in [3.63, 3.8) is 0 Å². The van der Waals surface area contributed by atoms with E-state index in [0.29, 0.717) is 6.54 Å². The summed E-state index contributed by atoms with van der Waals surface area (Å²) in [6, 6.07) is 2.93. The van der Waals surface area contributed by atoms with Crippen molar-refractivity contribution in [2.45, 2.75) is 24.9 Å². The highest BCUT2D eigenvalue weighted by molar-refractivity contribution is 7.89. The molecule has 0 saturated carbocycles. The fraction of sp³-hybridized carbons (Fsp3) is 0.333. The van der Waals surface area contributed by atoms with Gasteiger partial charge in [-0.05, 0) is 30.6 Å². The summed E-state index contributed by atoms with van der Waals surface area (Å²) in [6.07, 6.45) is 2.96. The zero-order chi connectivity index (χ0) is 15.6. The van der Waals surface area contributed by atoms with Crippen LogP contribution in [0.25, 0.3) is 0 Å². The third-order valence-electron chi connectivity index (χ3n) is 3.01. The van der Waals surface area contributed by atoms with Crippen molar-refractivity contribution in [3.8, 4) is 0 Å². The molecule has 0 bridgehead atoms. The molecule has 9 heteroatoms. The van der Waals surface area contributed by atoms with Crippen molar-refractivity contribution in [2.24, 2.45) is 0 Å². The maximum atomic E-state index is 12.5. The van der Waals surface area contributed by atoms with Crippen molar-refractivity contribution in [3.05, 3.63) is 35.1 Å². The minimum atomic E-state index is -3.73. The minimum Gasteiger partial charge on any atom is -0.477 e. The quantitative estimate of drug-likeness (QED) is 0.866. The van der Waals surface area contributed by atoms with E-state index >= 15 is 0 Å². The molecule has 7 nitrogen and oxygen atoms in total. The van der Waals surface area contributed by atoms with Crippen LogP contribution in [-0.2, 0) is 23.1 Å². The predicted octanol–water partition coefficient (Wildman–Crippen LogP) is 1.48. The van der Waals surface area contributed by atoms with E-state index < -0.39 is 16.0 Å². The van der Waals surface area contributed by atoms with Gasteiger partial charge in [-0.1, -0.05) is 0 Å². The SMILES string of the molecule is CCn1cc(S(=O)(=O)N(C)Cc2ccns2)cc1C(=O)O. The normalized spacial score (nSPS) is 12.0. The molecule has 0 aromatic carbocycles. The average molecular weight is 329 g/mol. The Labute approximate surface area is 126 Å². The van der Waals surface area contributed by atoms with Gasteiger partial charge in [-0.3, -0.25) is 0 Å². The molecule has 0 saturated heterocycles. The van der Waals surface area contributed by atoms with E-state index in [0.717, 1.165) is 4.88 Å². The molecule has 0 radical (unpaired) electrons. The number of sulfonamides is 1. The van der Waals surface area contributed by atoms with Gasteiger partial charge in [-0.25, -0.2) is 17.6 Å². The van der Waals surface area contributed by atoms with Gasteiger partial charge in [0, 0.05) is 37.4 Å². The van der Waals surface area contributed by atoms with Gasteiger partial charge in [-0.2, -0.15) is 4.31 Å². The fourth-order valence-electron chi connectivity index (χ4n) is 1.87. The van der Waals surface area contributed by atoms with Crippen LogP contribution in [0.1, 0.15) is 22.3 Å². The largest absolute Gasteiger partial charge is 0.477 e.